The van der Waals surface area contributed by atoms with Crippen LogP contribution in [0.25, 0.3) is 0 Å². The van der Waals surface area contributed by atoms with Crippen LogP contribution < -0.4 is 0 Å². The van der Waals surface area contributed by atoms with Crippen LogP contribution in [0.5, 0.6) is 5.75 Å². The van der Waals surface area contributed by atoms with Gasteiger partial charge in [0.05, 0.1) is 0 Å². The van der Waals surface area contributed by atoms with Crippen LogP contribution in [0.15, 0.2) is 24.3 Å². The van der Waals surface area contributed by atoms with E-state index in [0.29, 0.717) is 5.75 Å². The lowest BCUT2D eigenvalue weighted by atomic mass is 10.2. The molecule has 1 aromatic carbocycles. The summed E-state index contributed by atoms with van der Waals surface area (Å²) >= 11 is 0. The molecule has 0 aliphatic heterocycles. The molecule has 1 N–H and O–H groups in total. The largest absolute Gasteiger partial charge is 0.508 e. The first-order chi connectivity index (χ1) is 4.33. The fraction of sp³-hybridized carbons (Fsp3) is 0.250. The highest BCUT2D eigenvalue weighted by molar-refractivity contribution is 5.85. The van der Waals surface area contributed by atoms with E-state index in [-0.39, 0.29) is 12.4 Å². The van der Waals surface area contributed by atoms with Gasteiger partial charge in [0.15, 0.2) is 0 Å². The Bertz CT molecular complexity index is 198. The third-order valence-corrected chi connectivity index (χ3v) is 1.32. The maximum atomic E-state index is 8.94. The van der Waals surface area contributed by atoms with Gasteiger partial charge in [0.1, 0.15) is 5.75 Å². The zero-order chi connectivity index (χ0) is 6.69. The van der Waals surface area contributed by atoms with Crippen LogP contribution in [0.4, 0.5) is 0 Å². The molecule has 0 saturated carbocycles. The van der Waals surface area contributed by atoms with Crippen molar-refractivity contribution in [2.75, 3.05) is 0 Å². The average molecular weight is 159 g/mol. The maximum Gasteiger partial charge on any atom is 0.115 e. The number of benzene rings is 1. The van der Waals surface area contributed by atoms with E-state index in [2.05, 4.69) is 6.92 Å². The standard InChI is InChI=1S/C8H10O.ClH/c1-2-7-4-3-5-8(9)6-7;/h3-6,9H,2H2,1H3;1H. The minimum Gasteiger partial charge on any atom is -0.508 e. The van der Waals surface area contributed by atoms with Crippen molar-refractivity contribution in [1.82, 2.24) is 0 Å². The smallest absolute Gasteiger partial charge is 0.115 e. The minimum absolute atomic E-state index is 0. The number of phenols is 1. The Kier molecular flexibility index (Phi) is 3.89. The lowest BCUT2D eigenvalue weighted by Crippen LogP contribution is -1.75. The first-order valence-corrected chi connectivity index (χ1v) is 3.11. The summed E-state index contributed by atoms with van der Waals surface area (Å²) in [6.07, 6.45) is 0.981. The Labute approximate surface area is 67.1 Å². The second kappa shape index (κ2) is 4.18. The highest BCUT2D eigenvalue weighted by Crippen LogP contribution is 2.10. The highest BCUT2D eigenvalue weighted by atomic mass is 35.5. The van der Waals surface area contributed by atoms with Crippen LogP contribution >= 0.6 is 12.4 Å². The zero-order valence-electron chi connectivity index (χ0n) is 5.87. The van der Waals surface area contributed by atoms with Crippen LogP contribution in [0.1, 0.15) is 12.5 Å². The Hall–Kier alpha value is -0.690. The SMILES string of the molecule is CCc1cccc(O)c1.Cl. The van der Waals surface area contributed by atoms with Gasteiger partial charge < -0.3 is 5.11 Å². The van der Waals surface area contributed by atoms with Gasteiger partial charge in [0.2, 0.25) is 0 Å². The van der Waals surface area contributed by atoms with E-state index in [1.54, 1.807) is 12.1 Å². The van der Waals surface area contributed by atoms with E-state index < -0.39 is 0 Å². The fourth-order valence-corrected chi connectivity index (χ4v) is 0.776. The number of hydrogen-bond donors (Lipinski definition) is 1. The van der Waals surface area contributed by atoms with Gasteiger partial charge >= 0.3 is 0 Å². The lowest BCUT2D eigenvalue weighted by molar-refractivity contribution is 0.474. The van der Waals surface area contributed by atoms with Crippen molar-refractivity contribution in [3.63, 3.8) is 0 Å². The topological polar surface area (TPSA) is 20.2 Å². The van der Waals surface area contributed by atoms with Gasteiger partial charge in [-0.25, -0.2) is 0 Å². The monoisotopic (exact) mass is 158 g/mol. The molecule has 1 rings (SSSR count). The molecular formula is C8H11ClO. The summed E-state index contributed by atoms with van der Waals surface area (Å²) in [5.41, 5.74) is 1.18. The predicted molar refractivity (Wildman–Crippen MR) is 44.7 cm³/mol. The van der Waals surface area contributed by atoms with Gasteiger partial charge in [0.25, 0.3) is 0 Å². The Morgan fingerprint density at radius 2 is 2.10 bits per heavy atom. The van der Waals surface area contributed by atoms with Crippen molar-refractivity contribution < 1.29 is 5.11 Å². The van der Waals surface area contributed by atoms with Gasteiger partial charge in [-0.15, -0.1) is 12.4 Å². The van der Waals surface area contributed by atoms with Crippen molar-refractivity contribution in [3.8, 4) is 5.75 Å². The first kappa shape index (κ1) is 9.31. The second-order valence-corrected chi connectivity index (χ2v) is 2.02. The molecule has 1 aromatic rings. The van der Waals surface area contributed by atoms with E-state index in [1.807, 2.05) is 12.1 Å². The van der Waals surface area contributed by atoms with E-state index >= 15 is 0 Å². The van der Waals surface area contributed by atoms with E-state index in [1.165, 1.54) is 5.56 Å². The normalized spacial score (nSPS) is 8.50. The molecular weight excluding hydrogens is 148 g/mol. The molecule has 56 valence electrons. The summed E-state index contributed by atoms with van der Waals surface area (Å²) in [6, 6.07) is 7.31. The summed E-state index contributed by atoms with van der Waals surface area (Å²) in [4.78, 5) is 0. The van der Waals surface area contributed by atoms with Crippen molar-refractivity contribution in [1.29, 1.82) is 0 Å². The summed E-state index contributed by atoms with van der Waals surface area (Å²) < 4.78 is 0. The third kappa shape index (κ3) is 2.28. The molecule has 0 spiro atoms. The van der Waals surface area contributed by atoms with Crippen LogP contribution in [0.2, 0.25) is 0 Å². The van der Waals surface area contributed by atoms with Crippen molar-refractivity contribution >= 4 is 12.4 Å². The molecule has 0 atom stereocenters. The third-order valence-electron chi connectivity index (χ3n) is 1.32. The molecule has 0 aromatic heterocycles. The molecule has 10 heavy (non-hydrogen) atoms. The molecule has 0 heterocycles. The first-order valence-electron chi connectivity index (χ1n) is 3.11. The fourth-order valence-electron chi connectivity index (χ4n) is 0.776. The highest BCUT2D eigenvalue weighted by Gasteiger charge is 1.87. The molecule has 0 amide bonds. The quantitative estimate of drug-likeness (QED) is 0.666. The number of halogens is 1. The number of aryl methyl sites for hydroxylation is 1. The second-order valence-electron chi connectivity index (χ2n) is 2.02. The van der Waals surface area contributed by atoms with Crippen molar-refractivity contribution in [3.05, 3.63) is 29.8 Å². The van der Waals surface area contributed by atoms with Gasteiger partial charge in [-0.3, -0.25) is 0 Å². The molecule has 0 radical (unpaired) electrons. The minimum atomic E-state index is 0. The Morgan fingerprint density at radius 3 is 2.50 bits per heavy atom. The molecule has 0 bridgehead atoms. The van der Waals surface area contributed by atoms with Gasteiger partial charge in [0, 0.05) is 0 Å². The van der Waals surface area contributed by atoms with Crippen LogP contribution in [0, 0.1) is 0 Å². The van der Waals surface area contributed by atoms with E-state index in [0.717, 1.165) is 6.42 Å². The summed E-state index contributed by atoms with van der Waals surface area (Å²) in [6.45, 7) is 2.06. The van der Waals surface area contributed by atoms with Crippen molar-refractivity contribution in [2.45, 2.75) is 13.3 Å². The summed E-state index contributed by atoms with van der Waals surface area (Å²) in [7, 11) is 0. The molecule has 0 saturated heterocycles. The van der Waals surface area contributed by atoms with Gasteiger partial charge in [-0.2, -0.15) is 0 Å². The molecule has 0 unspecified atom stereocenters. The van der Waals surface area contributed by atoms with Crippen LogP contribution in [-0.4, -0.2) is 5.11 Å². The number of phenolic OH excluding ortho intramolecular Hbond substituents is 1. The summed E-state index contributed by atoms with van der Waals surface area (Å²) in [5.74, 6) is 0.356. The van der Waals surface area contributed by atoms with Crippen LogP contribution in [0.3, 0.4) is 0 Å². The Morgan fingerprint density at radius 1 is 1.40 bits per heavy atom. The summed E-state index contributed by atoms with van der Waals surface area (Å²) in [5, 5.41) is 8.94. The number of hydrogen-bond acceptors (Lipinski definition) is 1. The molecule has 2 heteroatoms. The molecule has 0 aliphatic carbocycles. The number of rotatable bonds is 1. The van der Waals surface area contributed by atoms with Gasteiger partial charge in [-0.05, 0) is 24.1 Å². The average Bonchev–Trinajstić information content (AvgIpc) is 1.88. The van der Waals surface area contributed by atoms with Crippen LogP contribution in [-0.2, 0) is 6.42 Å². The zero-order valence-corrected chi connectivity index (χ0v) is 6.69. The molecule has 0 fully saturated rings. The van der Waals surface area contributed by atoms with Crippen molar-refractivity contribution in [2.24, 2.45) is 0 Å². The van der Waals surface area contributed by atoms with E-state index in [4.69, 9.17) is 5.11 Å². The molecule has 0 aliphatic rings. The maximum absolute atomic E-state index is 8.94. The predicted octanol–water partition coefficient (Wildman–Crippen LogP) is 2.38. The molecule has 1 nitrogen and oxygen atoms in total. The number of aromatic hydroxyl groups is 1. The van der Waals surface area contributed by atoms with E-state index in [9.17, 15) is 0 Å². The lowest BCUT2D eigenvalue weighted by Gasteiger charge is -1.94. The Balaban J connectivity index is 0.000000810. The van der Waals surface area contributed by atoms with Gasteiger partial charge in [-0.1, -0.05) is 19.1 Å².